The standard InChI is InChI=1S/C23H27NO3/c1-2-22-9-7-16-15-6-4-14(24-26)11-13(15)3-5-17(16)21(22)18-12-19(18)23(22)10-8-20(25)27-23/h3,5,8,10,14,16-19,21H,2,4,6-7,9,11-12H2,1H3/t14?,16?,17?,18?,19?,21?,22-,23-/m0/s1. The fourth-order valence-corrected chi connectivity index (χ4v) is 8.14. The maximum atomic E-state index is 12.1. The van der Waals surface area contributed by atoms with Crippen molar-refractivity contribution in [1.82, 2.24) is 0 Å². The number of carbonyl (C=O) groups is 1. The highest BCUT2D eigenvalue weighted by atomic mass is 16.6. The second-order valence-electron chi connectivity index (χ2n) is 9.72. The van der Waals surface area contributed by atoms with E-state index in [1.54, 1.807) is 11.6 Å². The molecule has 1 heterocycles. The quantitative estimate of drug-likeness (QED) is 0.526. The second-order valence-corrected chi connectivity index (χ2v) is 9.72. The minimum Gasteiger partial charge on any atom is -0.451 e. The number of ether oxygens (including phenoxy) is 1. The van der Waals surface area contributed by atoms with Crippen LogP contribution in [0.15, 0.2) is 40.6 Å². The van der Waals surface area contributed by atoms with Gasteiger partial charge in [-0.1, -0.05) is 29.8 Å². The Morgan fingerprint density at radius 3 is 2.93 bits per heavy atom. The fraction of sp³-hybridized carbons (Fsp3) is 0.696. The average Bonchev–Trinajstić information content (AvgIpc) is 3.34. The molecule has 142 valence electrons. The Bertz CT molecular complexity index is 825. The number of hydrogen-bond donors (Lipinski definition) is 0. The lowest BCUT2D eigenvalue weighted by Gasteiger charge is -2.55. The monoisotopic (exact) mass is 365 g/mol. The van der Waals surface area contributed by atoms with Gasteiger partial charge in [-0.2, -0.15) is 4.91 Å². The highest BCUT2D eigenvalue weighted by Gasteiger charge is 2.78. The van der Waals surface area contributed by atoms with Gasteiger partial charge in [0.1, 0.15) is 5.60 Å². The van der Waals surface area contributed by atoms with Crippen molar-refractivity contribution in [2.45, 2.75) is 63.5 Å². The van der Waals surface area contributed by atoms with Crippen LogP contribution in [0.5, 0.6) is 0 Å². The Morgan fingerprint density at radius 1 is 1.30 bits per heavy atom. The van der Waals surface area contributed by atoms with Gasteiger partial charge in [-0.05, 0) is 80.3 Å². The maximum Gasteiger partial charge on any atom is 0.331 e. The summed E-state index contributed by atoms with van der Waals surface area (Å²) in [6.45, 7) is 2.30. The summed E-state index contributed by atoms with van der Waals surface area (Å²) in [4.78, 5) is 23.1. The van der Waals surface area contributed by atoms with E-state index in [1.807, 2.05) is 0 Å². The highest BCUT2D eigenvalue weighted by Crippen LogP contribution is 2.78. The number of carbonyl (C=O) groups excluding carboxylic acids is 1. The van der Waals surface area contributed by atoms with E-state index in [-0.39, 0.29) is 23.0 Å². The molecule has 8 atom stereocenters. The summed E-state index contributed by atoms with van der Waals surface area (Å²) in [5.41, 5.74) is 2.78. The normalized spacial score (nSPS) is 51.5. The molecule has 1 aliphatic heterocycles. The van der Waals surface area contributed by atoms with Crippen LogP contribution in [0.2, 0.25) is 0 Å². The van der Waals surface area contributed by atoms with Crippen LogP contribution in [0, 0.1) is 39.9 Å². The summed E-state index contributed by atoms with van der Waals surface area (Å²) >= 11 is 0. The van der Waals surface area contributed by atoms with Crippen LogP contribution >= 0.6 is 0 Å². The molecule has 27 heavy (non-hydrogen) atoms. The molecule has 1 spiro atoms. The Labute approximate surface area is 160 Å². The summed E-state index contributed by atoms with van der Waals surface area (Å²) in [5, 5.41) is 3.32. The summed E-state index contributed by atoms with van der Waals surface area (Å²) in [5.74, 6) is 2.91. The van der Waals surface area contributed by atoms with Crippen LogP contribution < -0.4 is 0 Å². The van der Waals surface area contributed by atoms with Gasteiger partial charge in [0, 0.05) is 17.4 Å². The summed E-state index contributed by atoms with van der Waals surface area (Å²) < 4.78 is 6.11. The van der Waals surface area contributed by atoms with Gasteiger partial charge in [-0.3, -0.25) is 0 Å². The molecule has 5 aliphatic carbocycles. The SMILES string of the molecule is CC[C@]12CCC3C4=C(C=CC3C1C1CC1[C@@]21C=CC(=O)O1)CC(N=O)CC4. The number of allylic oxidation sites excluding steroid dienone is 3. The molecular formula is C23H27NO3. The van der Waals surface area contributed by atoms with Crippen LogP contribution in [0.3, 0.4) is 0 Å². The third-order valence-corrected chi connectivity index (χ3v) is 9.15. The van der Waals surface area contributed by atoms with E-state index in [1.165, 1.54) is 18.4 Å². The van der Waals surface area contributed by atoms with Crippen molar-refractivity contribution >= 4 is 5.97 Å². The molecular weight excluding hydrogens is 338 g/mol. The van der Waals surface area contributed by atoms with Crippen molar-refractivity contribution in [2.75, 3.05) is 0 Å². The van der Waals surface area contributed by atoms with Crippen LogP contribution in [0.1, 0.15) is 51.9 Å². The Morgan fingerprint density at radius 2 is 2.19 bits per heavy atom. The summed E-state index contributed by atoms with van der Waals surface area (Å²) in [6.07, 6.45) is 16.0. The molecule has 4 nitrogen and oxygen atoms in total. The third kappa shape index (κ3) is 1.83. The van der Waals surface area contributed by atoms with Crippen LogP contribution in [-0.4, -0.2) is 17.6 Å². The number of rotatable bonds is 2. The van der Waals surface area contributed by atoms with Gasteiger partial charge in [0.15, 0.2) is 0 Å². The van der Waals surface area contributed by atoms with Crippen molar-refractivity contribution in [3.05, 3.63) is 40.4 Å². The molecule has 0 radical (unpaired) electrons. The van der Waals surface area contributed by atoms with Crippen molar-refractivity contribution in [1.29, 1.82) is 0 Å². The van der Waals surface area contributed by atoms with Crippen molar-refractivity contribution in [3.63, 3.8) is 0 Å². The maximum absolute atomic E-state index is 12.1. The van der Waals surface area contributed by atoms with E-state index in [9.17, 15) is 9.70 Å². The average molecular weight is 365 g/mol. The van der Waals surface area contributed by atoms with Gasteiger partial charge < -0.3 is 4.74 Å². The first-order valence-corrected chi connectivity index (χ1v) is 10.8. The number of nitrogens with zero attached hydrogens (tertiary/aromatic N) is 1. The minimum atomic E-state index is -0.333. The van der Waals surface area contributed by atoms with Crippen molar-refractivity contribution in [3.8, 4) is 0 Å². The molecule has 0 amide bonds. The van der Waals surface area contributed by atoms with Gasteiger partial charge in [0.05, 0.1) is 6.04 Å². The number of fused-ring (bicyclic) bond motifs is 8. The molecule has 0 N–H and O–H groups in total. The molecule has 3 fully saturated rings. The molecule has 6 aliphatic rings. The van der Waals surface area contributed by atoms with Crippen LogP contribution in [-0.2, 0) is 9.53 Å². The van der Waals surface area contributed by atoms with Gasteiger partial charge in [-0.25, -0.2) is 4.79 Å². The number of hydrogen-bond acceptors (Lipinski definition) is 4. The molecule has 0 saturated heterocycles. The van der Waals surface area contributed by atoms with Gasteiger partial charge >= 0.3 is 5.97 Å². The lowest BCUT2D eigenvalue weighted by atomic mass is 9.50. The lowest BCUT2D eigenvalue weighted by Crippen LogP contribution is -2.54. The molecule has 0 bridgehead atoms. The van der Waals surface area contributed by atoms with E-state index in [0.717, 1.165) is 32.1 Å². The number of nitroso groups, excluding NO2 is 1. The lowest BCUT2D eigenvalue weighted by molar-refractivity contribution is -0.167. The van der Waals surface area contributed by atoms with E-state index < -0.39 is 0 Å². The number of esters is 1. The predicted molar refractivity (Wildman–Crippen MR) is 102 cm³/mol. The second kappa shape index (κ2) is 5.21. The Kier molecular flexibility index (Phi) is 3.14. The van der Waals surface area contributed by atoms with Crippen LogP contribution in [0.4, 0.5) is 0 Å². The van der Waals surface area contributed by atoms with E-state index >= 15 is 0 Å². The van der Waals surface area contributed by atoms with E-state index in [2.05, 4.69) is 30.3 Å². The van der Waals surface area contributed by atoms with Crippen molar-refractivity contribution in [2.24, 2.45) is 40.2 Å². The molecule has 0 aromatic carbocycles. The Balaban J connectivity index is 1.39. The molecule has 0 aromatic heterocycles. The third-order valence-electron chi connectivity index (χ3n) is 9.15. The van der Waals surface area contributed by atoms with Crippen LogP contribution in [0.25, 0.3) is 0 Å². The fourth-order valence-electron chi connectivity index (χ4n) is 8.14. The zero-order valence-electron chi connectivity index (χ0n) is 15.9. The minimum absolute atomic E-state index is 0.0335. The Hall–Kier alpha value is -1.71. The molecule has 6 rings (SSSR count). The summed E-state index contributed by atoms with van der Waals surface area (Å²) in [6, 6.07) is -0.0335. The summed E-state index contributed by atoms with van der Waals surface area (Å²) in [7, 11) is 0. The van der Waals surface area contributed by atoms with E-state index in [0.29, 0.717) is 29.6 Å². The highest BCUT2D eigenvalue weighted by molar-refractivity contribution is 5.86. The largest absolute Gasteiger partial charge is 0.451 e. The molecule has 0 aromatic rings. The zero-order valence-corrected chi connectivity index (χ0v) is 15.9. The molecule has 4 heteroatoms. The first-order valence-electron chi connectivity index (χ1n) is 10.8. The first-order chi connectivity index (χ1) is 13.1. The van der Waals surface area contributed by atoms with Gasteiger partial charge in [0.2, 0.25) is 0 Å². The predicted octanol–water partition coefficient (Wildman–Crippen LogP) is 4.71. The zero-order chi connectivity index (χ0) is 18.4. The topological polar surface area (TPSA) is 55.7 Å². The van der Waals surface area contributed by atoms with Gasteiger partial charge in [-0.15, -0.1) is 0 Å². The van der Waals surface area contributed by atoms with Crippen molar-refractivity contribution < 1.29 is 9.53 Å². The van der Waals surface area contributed by atoms with E-state index in [4.69, 9.17) is 4.74 Å². The smallest absolute Gasteiger partial charge is 0.331 e. The first kappa shape index (κ1) is 16.3. The molecule has 6 unspecified atom stereocenters. The molecule has 3 saturated carbocycles. The van der Waals surface area contributed by atoms with Gasteiger partial charge in [0.25, 0.3) is 0 Å².